The Kier molecular flexibility index (Phi) is 5.79. The van der Waals surface area contributed by atoms with Crippen LogP contribution < -0.4 is 11.3 Å². The SMILES string of the molecule is CCCCCSc1cccc(NN)c1[N+](=O)[O-]. The highest BCUT2D eigenvalue weighted by Crippen LogP contribution is 2.35. The lowest BCUT2D eigenvalue weighted by Gasteiger charge is -2.06. The maximum Gasteiger partial charge on any atom is 0.307 e. The number of nitrogens with zero attached hydrogens (tertiary/aromatic N) is 1. The number of hydrazine groups is 1. The first-order chi connectivity index (χ1) is 8.20. The first-order valence-electron chi connectivity index (χ1n) is 5.57. The second-order valence-corrected chi connectivity index (χ2v) is 4.75. The average molecular weight is 255 g/mol. The summed E-state index contributed by atoms with van der Waals surface area (Å²) in [6, 6.07) is 5.13. The summed E-state index contributed by atoms with van der Waals surface area (Å²) in [5, 5.41) is 11.0. The third-order valence-electron chi connectivity index (χ3n) is 2.34. The van der Waals surface area contributed by atoms with Gasteiger partial charge in [0.15, 0.2) is 0 Å². The zero-order valence-corrected chi connectivity index (χ0v) is 10.6. The van der Waals surface area contributed by atoms with Crippen molar-refractivity contribution in [2.24, 2.45) is 5.84 Å². The molecule has 0 unspecified atom stereocenters. The van der Waals surface area contributed by atoms with Gasteiger partial charge in [-0.3, -0.25) is 16.0 Å². The summed E-state index contributed by atoms with van der Waals surface area (Å²) in [6.45, 7) is 2.13. The van der Waals surface area contributed by atoms with Crippen LogP contribution in [0.25, 0.3) is 0 Å². The van der Waals surface area contributed by atoms with Crippen LogP contribution >= 0.6 is 11.8 Å². The van der Waals surface area contributed by atoms with Crippen LogP contribution in [0.5, 0.6) is 0 Å². The topological polar surface area (TPSA) is 81.2 Å². The van der Waals surface area contributed by atoms with Crippen molar-refractivity contribution >= 4 is 23.1 Å². The van der Waals surface area contributed by atoms with E-state index >= 15 is 0 Å². The molecule has 0 saturated carbocycles. The van der Waals surface area contributed by atoms with Gasteiger partial charge in [0.2, 0.25) is 0 Å². The third-order valence-corrected chi connectivity index (χ3v) is 3.48. The van der Waals surface area contributed by atoms with Crippen LogP contribution in [0.3, 0.4) is 0 Å². The zero-order valence-electron chi connectivity index (χ0n) is 9.81. The Morgan fingerprint density at radius 3 is 2.82 bits per heavy atom. The van der Waals surface area contributed by atoms with Crippen LogP contribution in [0.1, 0.15) is 26.2 Å². The number of hydrogen-bond donors (Lipinski definition) is 2. The number of unbranched alkanes of at least 4 members (excludes halogenated alkanes) is 2. The molecule has 0 fully saturated rings. The Morgan fingerprint density at radius 2 is 2.24 bits per heavy atom. The van der Waals surface area contributed by atoms with Gasteiger partial charge >= 0.3 is 5.69 Å². The number of nitrogens with one attached hydrogen (secondary N) is 1. The molecule has 0 aliphatic carbocycles. The van der Waals surface area contributed by atoms with Gasteiger partial charge in [-0.1, -0.05) is 25.8 Å². The Hall–Kier alpha value is -1.27. The van der Waals surface area contributed by atoms with Crippen molar-refractivity contribution in [2.45, 2.75) is 31.1 Å². The molecule has 0 bridgehead atoms. The highest BCUT2D eigenvalue weighted by atomic mass is 32.2. The molecule has 1 rings (SSSR count). The quantitative estimate of drug-likeness (QED) is 0.257. The molecule has 0 aliphatic heterocycles. The molecule has 0 amide bonds. The number of thioether (sulfide) groups is 1. The van der Waals surface area contributed by atoms with Crippen molar-refractivity contribution in [1.29, 1.82) is 0 Å². The molecule has 17 heavy (non-hydrogen) atoms. The van der Waals surface area contributed by atoms with Crippen molar-refractivity contribution in [2.75, 3.05) is 11.2 Å². The molecule has 0 aromatic heterocycles. The maximum atomic E-state index is 11.0. The summed E-state index contributed by atoms with van der Waals surface area (Å²) in [6.07, 6.45) is 3.36. The number of nitrogen functional groups attached to an aromatic ring is 1. The van der Waals surface area contributed by atoms with Gasteiger partial charge in [0, 0.05) is 0 Å². The van der Waals surface area contributed by atoms with E-state index in [2.05, 4.69) is 12.3 Å². The molecular formula is C11H17N3O2S. The Labute approximate surface area is 105 Å². The third kappa shape index (κ3) is 3.90. The average Bonchev–Trinajstić information content (AvgIpc) is 2.33. The molecule has 1 aromatic carbocycles. The Morgan fingerprint density at radius 1 is 1.47 bits per heavy atom. The summed E-state index contributed by atoms with van der Waals surface area (Å²) in [5.74, 6) is 6.16. The second kappa shape index (κ2) is 7.13. The number of benzene rings is 1. The van der Waals surface area contributed by atoms with Gasteiger partial charge in [-0.25, -0.2) is 0 Å². The highest BCUT2D eigenvalue weighted by molar-refractivity contribution is 7.99. The van der Waals surface area contributed by atoms with E-state index in [-0.39, 0.29) is 5.69 Å². The lowest BCUT2D eigenvalue weighted by atomic mass is 10.3. The Balaban J connectivity index is 2.79. The molecule has 0 aliphatic rings. The van der Waals surface area contributed by atoms with Gasteiger partial charge in [-0.05, 0) is 24.3 Å². The lowest BCUT2D eigenvalue weighted by molar-refractivity contribution is -0.386. The molecule has 3 N–H and O–H groups in total. The molecule has 0 heterocycles. The van der Waals surface area contributed by atoms with Crippen molar-refractivity contribution in [3.63, 3.8) is 0 Å². The van der Waals surface area contributed by atoms with Crippen molar-refractivity contribution in [3.8, 4) is 0 Å². The summed E-state index contributed by atoms with van der Waals surface area (Å²) >= 11 is 1.51. The van der Waals surface area contributed by atoms with Crippen LogP contribution in [0.2, 0.25) is 0 Å². The predicted molar refractivity (Wildman–Crippen MR) is 71.2 cm³/mol. The monoisotopic (exact) mass is 255 g/mol. The number of nitro groups is 1. The van der Waals surface area contributed by atoms with E-state index in [4.69, 9.17) is 5.84 Å². The number of nitro benzene ring substituents is 1. The van der Waals surface area contributed by atoms with Crippen LogP contribution in [0.15, 0.2) is 23.1 Å². The number of rotatable bonds is 7. The van der Waals surface area contributed by atoms with E-state index < -0.39 is 4.92 Å². The largest absolute Gasteiger partial charge is 0.318 e. The van der Waals surface area contributed by atoms with Crippen molar-refractivity contribution < 1.29 is 4.92 Å². The number of anilines is 1. The fourth-order valence-electron chi connectivity index (χ4n) is 1.48. The van der Waals surface area contributed by atoms with E-state index in [0.717, 1.165) is 25.0 Å². The van der Waals surface area contributed by atoms with Gasteiger partial charge in [0.1, 0.15) is 5.69 Å². The van der Waals surface area contributed by atoms with Gasteiger partial charge in [0.05, 0.1) is 9.82 Å². The zero-order chi connectivity index (χ0) is 12.7. The molecule has 94 valence electrons. The molecule has 0 spiro atoms. The van der Waals surface area contributed by atoms with E-state index in [1.165, 1.54) is 11.8 Å². The summed E-state index contributed by atoms with van der Waals surface area (Å²) < 4.78 is 0. The summed E-state index contributed by atoms with van der Waals surface area (Å²) in [7, 11) is 0. The molecule has 0 atom stereocenters. The Bertz CT molecular complexity index is 385. The minimum Gasteiger partial charge on any atom is -0.318 e. The van der Waals surface area contributed by atoms with Crippen LogP contribution in [0.4, 0.5) is 11.4 Å². The van der Waals surface area contributed by atoms with Crippen molar-refractivity contribution in [3.05, 3.63) is 28.3 Å². The maximum absolute atomic E-state index is 11.0. The fraction of sp³-hybridized carbons (Fsp3) is 0.455. The van der Waals surface area contributed by atoms with Crippen LogP contribution in [0, 0.1) is 10.1 Å². The molecule has 0 saturated heterocycles. The molecular weight excluding hydrogens is 238 g/mol. The van der Waals surface area contributed by atoms with E-state index in [1.54, 1.807) is 18.2 Å². The highest BCUT2D eigenvalue weighted by Gasteiger charge is 2.18. The van der Waals surface area contributed by atoms with Gasteiger partial charge in [0.25, 0.3) is 0 Å². The van der Waals surface area contributed by atoms with E-state index in [1.807, 2.05) is 0 Å². The van der Waals surface area contributed by atoms with Gasteiger partial charge < -0.3 is 5.43 Å². The number of hydrogen-bond acceptors (Lipinski definition) is 5. The van der Waals surface area contributed by atoms with Crippen LogP contribution in [-0.2, 0) is 0 Å². The molecule has 6 heteroatoms. The van der Waals surface area contributed by atoms with Gasteiger partial charge in [-0.15, -0.1) is 11.8 Å². The number of para-hydroxylation sites is 1. The molecule has 0 radical (unpaired) electrons. The molecule has 5 nitrogen and oxygen atoms in total. The minimum atomic E-state index is -0.392. The summed E-state index contributed by atoms with van der Waals surface area (Å²) in [5.41, 5.74) is 2.79. The van der Waals surface area contributed by atoms with Gasteiger partial charge in [-0.2, -0.15) is 0 Å². The minimum absolute atomic E-state index is 0.0662. The summed E-state index contributed by atoms with van der Waals surface area (Å²) in [4.78, 5) is 11.3. The van der Waals surface area contributed by atoms with Crippen LogP contribution in [-0.4, -0.2) is 10.7 Å². The normalized spacial score (nSPS) is 10.2. The number of nitrogens with two attached hydrogens (primary N) is 1. The fourth-order valence-corrected chi connectivity index (χ4v) is 2.54. The first-order valence-corrected chi connectivity index (χ1v) is 6.56. The molecule has 1 aromatic rings. The smallest absolute Gasteiger partial charge is 0.307 e. The van der Waals surface area contributed by atoms with E-state index in [0.29, 0.717) is 10.6 Å². The lowest BCUT2D eigenvalue weighted by Crippen LogP contribution is -2.09. The standard InChI is InChI=1S/C11H17N3O2S/c1-2-3-4-8-17-10-7-5-6-9(13-12)11(10)14(15)16/h5-7,13H,2-4,8,12H2,1H3. The predicted octanol–water partition coefficient (Wildman–Crippen LogP) is 3.16. The van der Waals surface area contributed by atoms with E-state index in [9.17, 15) is 10.1 Å². The first kappa shape index (κ1) is 13.8. The van der Waals surface area contributed by atoms with Crippen molar-refractivity contribution in [1.82, 2.24) is 0 Å². The second-order valence-electron chi connectivity index (χ2n) is 3.61.